The fourth-order valence-electron chi connectivity index (χ4n) is 1.22. The van der Waals surface area contributed by atoms with Crippen LogP contribution in [0.4, 0.5) is 4.39 Å². The Morgan fingerprint density at radius 3 is 2.72 bits per heavy atom. The number of aliphatic hydroxyl groups is 1. The number of benzene rings is 1. The normalized spacial score (nSPS) is 11.9. The maximum absolute atomic E-state index is 13.2. The average molecular weight is 320 g/mol. The number of rotatable bonds is 5. The number of hydrogen-bond acceptors (Lipinski definition) is 3. The second-order valence-corrected chi connectivity index (χ2v) is 4.29. The fourth-order valence-corrected chi connectivity index (χ4v) is 1.66. The summed E-state index contributed by atoms with van der Waals surface area (Å²) in [6.07, 6.45) is -1.64. The topological polar surface area (TPSA) is 86.6 Å². The lowest BCUT2D eigenvalue weighted by molar-refractivity contribution is -0.146. The number of amides is 1. The van der Waals surface area contributed by atoms with Crippen molar-refractivity contribution >= 4 is 27.8 Å². The van der Waals surface area contributed by atoms with E-state index >= 15 is 0 Å². The number of hydrogen-bond donors (Lipinski definition) is 3. The summed E-state index contributed by atoms with van der Waals surface area (Å²) in [7, 11) is 0. The molecule has 0 radical (unpaired) electrons. The number of carboxylic acid groups (broad SMARTS) is 1. The first-order valence-electron chi connectivity index (χ1n) is 5.06. The molecule has 1 aromatic carbocycles. The van der Waals surface area contributed by atoms with Crippen LogP contribution >= 0.6 is 15.9 Å². The lowest BCUT2D eigenvalue weighted by Gasteiger charge is -2.08. The molecule has 0 aliphatic carbocycles. The number of halogens is 2. The monoisotopic (exact) mass is 319 g/mol. The molecule has 0 fully saturated rings. The highest BCUT2D eigenvalue weighted by Gasteiger charge is 2.15. The third-order valence-electron chi connectivity index (χ3n) is 2.18. The molecule has 0 aliphatic heterocycles. The predicted octanol–water partition coefficient (Wildman–Crippen LogP) is 1.15. The summed E-state index contributed by atoms with van der Waals surface area (Å²) in [4.78, 5) is 22.0. The van der Waals surface area contributed by atoms with E-state index in [1.165, 1.54) is 18.2 Å². The van der Waals surface area contributed by atoms with Gasteiger partial charge in [0.25, 0.3) is 5.91 Å². The number of aliphatic carboxylic acids is 1. The van der Waals surface area contributed by atoms with Crippen molar-refractivity contribution in [2.45, 2.75) is 12.5 Å². The molecule has 1 aromatic rings. The van der Waals surface area contributed by atoms with E-state index in [0.717, 1.165) is 0 Å². The van der Waals surface area contributed by atoms with Gasteiger partial charge in [0.1, 0.15) is 5.82 Å². The van der Waals surface area contributed by atoms with Crippen molar-refractivity contribution in [2.24, 2.45) is 0 Å². The first-order chi connectivity index (χ1) is 8.43. The summed E-state index contributed by atoms with van der Waals surface area (Å²) >= 11 is 2.95. The molecule has 1 atom stereocenters. The van der Waals surface area contributed by atoms with Crippen LogP contribution in [0.5, 0.6) is 0 Å². The molecule has 98 valence electrons. The van der Waals surface area contributed by atoms with Crippen LogP contribution in [-0.4, -0.2) is 34.7 Å². The Labute approximate surface area is 111 Å². The van der Waals surface area contributed by atoms with Gasteiger partial charge in [-0.05, 0) is 28.1 Å². The van der Waals surface area contributed by atoms with Crippen molar-refractivity contribution < 1.29 is 24.2 Å². The predicted molar refractivity (Wildman–Crippen MR) is 64.7 cm³/mol. The highest BCUT2D eigenvalue weighted by atomic mass is 79.9. The maximum Gasteiger partial charge on any atom is 0.332 e. The summed E-state index contributed by atoms with van der Waals surface area (Å²) in [6, 6.07) is 4.02. The molecule has 0 saturated carbocycles. The molecule has 3 N–H and O–H groups in total. The number of aliphatic hydroxyl groups excluding tert-OH is 1. The van der Waals surface area contributed by atoms with Gasteiger partial charge in [0.05, 0.1) is 10.0 Å². The standard InChI is InChI=1S/C11H11BrFNO4/c12-9-6(2-1-3-7(9)13)10(16)14-5-4-8(15)11(17)18/h1-3,8,15H,4-5H2,(H,14,16)(H,17,18). The van der Waals surface area contributed by atoms with Gasteiger partial charge < -0.3 is 15.5 Å². The number of carboxylic acids is 1. The zero-order valence-electron chi connectivity index (χ0n) is 9.19. The molecule has 1 unspecified atom stereocenters. The van der Waals surface area contributed by atoms with Gasteiger partial charge in [-0.15, -0.1) is 0 Å². The molecular formula is C11H11BrFNO4. The maximum atomic E-state index is 13.2. The summed E-state index contributed by atoms with van der Waals surface area (Å²) in [5.41, 5.74) is 0.111. The van der Waals surface area contributed by atoms with E-state index in [1.807, 2.05) is 0 Å². The van der Waals surface area contributed by atoms with Crippen molar-refractivity contribution in [3.63, 3.8) is 0 Å². The Hall–Kier alpha value is -1.47. The van der Waals surface area contributed by atoms with E-state index < -0.39 is 23.8 Å². The highest BCUT2D eigenvalue weighted by molar-refractivity contribution is 9.10. The van der Waals surface area contributed by atoms with Gasteiger partial charge in [0.15, 0.2) is 6.10 Å². The lowest BCUT2D eigenvalue weighted by Crippen LogP contribution is -2.30. The van der Waals surface area contributed by atoms with Crippen LogP contribution in [-0.2, 0) is 4.79 Å². The Bertz CT molecular complexity index is 466. The number of carbonyl (C=O) groups excluding carboxylic acids is 1. The Morgan fingerprint density at radius 1 is 1.44 bits per heavy atom. The Kier molecular flexibility index (Phi) is 5.24. The van der Waals surface area contributed by atoms with E-state index in [4.69, 9.17) is 10.2 Å². The minimum atomic E-state index is -1.53. The lowest BCUT2D eigenvalue weighted by atomic mass is 10.2. The first-order valence-corrected chi connectivity index (χ1v) is 5.86. The Morgan fingerprint density at radius 2 is 2.11 bits per heavy atom. The van der Waals surface area contributed by atoms with Crippen LogP contribution in [0.3, 0.4) is 0 Å². The second-order valence-electron chi connectivity index (χ2n) is 3.50. The van der Waals surface area contributed by atoms with E-state index in [0.29, 0.717) is 0 Å². The van der Waals surface area contributed by atoms with Gasteiger partial charge in [-0.1, -0.05) is 6.07 Å². The van der Waals surface area contributed by atoms with Crippen molar-refractivity contribution in [3.05, 3.63) is 34.1 Å². The molecule has 1 rings (SSSR count). The zero-order chi connectivity index (χ0) is 13.7. The van der Waals surface area contributed by atoms with Gasteiger partial charge >= 0.3 is 5.97 Å². The van der Waals surface area contributed by atoms with Crippen LogP contribution in [0.2, 0.25) is 0 Å². The van der Waals surface area contributed by atoms with Crippen LogP contribution < -0.4 is 5.32 Å². The third-order valence-corrected chi connectivity index (χ3v) is 2.99. The fraction of sp³-hybridized carbons (Fsp3) is 0.273. The molecular weight excluding hydrogens is 309 g/mol. The van der Waals surface area contributed by atoms with Crippen molar-refractivity contribution in [3.8, 4) is 0 Å². The van der Waals surface area contributed by atoms with Gasteiger partial charge in [-0.25, -0.2) is 9.18 Å². The second kappa shape index (κ2) is 6.46. The van der Waals surface area contributed by atoms with Crippen LogP contribution in [0, 0.1) is 5.82 Å². The van der Waals surface area contributed by atoms with Crippen molar-refractivity contribution in [1.29, 1.82) is 0 Å². The molecule has 0 saturated heterocycles. The average Bonchev–Trinajstić information content (AvgIpc) is 2.32. The number of carbonyl (C=O) groups is 2. The molecule has 5 nitrogen and oxygen atoms in total. The minimum absolute atomic E-state index is 0.0186. The smallest absolute Gasteiger partial charge is 0.332 e. The zero-order valence-corrected chi connectivity index (χ0v) is 10.8. The van der Waals surface area contributed by atoms with Gasteiger partial charge in [-0.3, -0.25) is 4.79 Å². The molecule has 0 aliphatic rings. The molecule has 18 heavy (non-hydrogen) atoms. The molecule has 0 bridgehead atoms. The highest BCUT2D eigenvalue weighted by Crippen LogP contribution is 2.20. The quantitative estimate of drug-likeness (QED) is 0.760. The van der Waals surface area contributed by atoms with Crippen LogP contribution in [0.15, 0.2) is 22.7 Å². The van der Waals surface area contributed by atoms with E-state index in [-0.39, 0.29) is 23.0 Å². The van der Waals surface area contributed by atoms with Crippen molar-refractivity contribution in [2.75, 3.05) is 6.54 Å². The summed E-state index contributed by atoms with van der Waals surface area (Å²) < 4.78 is 13.2. The molecule has 1 amide bonds. The Balaban J connectivity index is 2.56. The largest absolute Gasteiger partial charge is 0.479 e. The van der Waals surface area contributed by atoms with Crippen LogP contribution in [0.25, 0.3) is 0 Å². The molecule has 0 aromatic heterocycles. The van der Waals surface area contributed by atoms with Gasteiger partial charge in [-0.2, -0.15) is 0 Å². The van der Waals surface area contributed by atoms with Crippen LogP contribution in [0.1, 0.15) is 16.8 Å². The number of nitrogens with one attached hydrogen (secondary N) is 1. The van der Waals surface area contributed by atoms with Gasteiger partial charge in [0.2, 0.25) is 0 Å². The summed E-state index contributed by atoms with van der Waals surface area (Å²) in [6.45, 7) is -0.0186. The third kappa shape index (κ3) is 3.78. The van der Waals surface area contributed by atoms with E-state index in [9.17, 15) is 14.0 Å². The summed E-state index contributed by atoms with van der Waals surface area (Å²) in [5, 5.41) is 19.8. The minimum Gasteiger partial charge on any atom is -0.479 e. The summed E-state index contributed by atoms with van der Waals surface area (Å²) in [5.74, 6) is -2.46. The van der Waals surface area contributed by atoms with Gasteiger partial charge in [0, 0.05) is 13.0 Å². The first kappa shape index (κ1) is 14.6. The SMILES string of the molecule is O=C(NCCC(O)C(=O)O)c1cccc(F)c1Br. The van der Waals surface area contributed by atoms with E-state index in [2.05, 4.69) is 21.2 Å². The van der Waals surface area contributed by atoms with Crippen molar-refractivity contribution in [1.82, 2.24) is 5.32 Å². The molecule has 0 heterocycles. The van der Waals surface area contributed by atoms with E-state index in [1.54, 1.807) is 0 Å². The molecule has 0 spiro atoms. The molecule has 7 heteroatoms.